The summed E-state index contributed by atoms with van der Waals surface area (Å²) in [5.74, 6) is -0.705. The molecule has 2 amide bonds. The van der Waals surface area contributed by atoms with Gasteiger partial charge in [0.15, 0.2) is 5.82 Å². The number of carbonyl (C=O) groups excluding carboxylic acids is 2. The predicted molar refractivity (Wildman–Crippen MR) is 138 cm³/mol. The third kappa shape index (κ3) is 4.84. The van der Waals surface area contributed by atoms with E-state index < -0.39 is 28.9 Å². The maximum atomic E-state index is 14.7. The SMILES string of the molecule is COc1cc2c(Oc3ccc(NC(=O)C4(C(=O)Nc5ccc(F)cc5)CC4)cc3)ccnc2c(F)c1Br. The summed E-state index contributed by atoms with van der Waals surface area (Å²) >= 11 is 3.17. The number of anilines is 2. The Hall–Kier alpha value is -4.05. The number of amides is 2. The summed E-state index contributed by atoms with van der Waals surface area (Å²) in [5.41, 5.74) is -0.144. The smallest absolute Gasteiger partial charge is 0.240 e. The third-order valence-corrected chi connectivity index (χ3v) is 6.86. The van der Waals surface area contributed by atoms with Crippen molar-refractivity contribution >= 4 is 50.0 Å². The minimum Gasteiger partial charge on any atom is -0.495 e. The second kappa shape index (κ2) is 9.78. The van der Waals surface area contributed by atoms with Gasteiger partial charge in [-0.1, -0.05) is 0 Å². The molecule has 2 N–H and O–H groups in total. The van der Waals surface area contributed by atoms with Crippen LogP contribution in [-0.2, 0) is 9.59 Å². The molecule has 1 aliphatic carbocycles. The number of methoxy groups -OCH3 is 1. The normalized spacial score (nSPS) is 13.6. The van der Waals surface area contributed by atoms with Gasteiger partial charge in [-0.15, -0.1) is 0 Å². The van der Waals surface area contributed by atoms with Gasteiger partial charge in [0, 0.05) is 23.0 Å². The van der Waals surface area contributed by atoms with E-state index in [4.69, 9.17) is 9.47 Å². The van der Waals surface area contributed by atoms with Gasteiger partial charge in [-0.25, -0.2) is 8.78 Å². The molecule has 1 saturated carbocycles. The Morgan fingerprint density at radius 2 is 1.51 bits per heavy atom. The molecule has 0 unspecified atom stereocenters. The third-order valence-electron chi connectivity index (χ3n) is 6.12. The highest BCUT2D eigenvalue weighted by Crippen LogP contribution is 2.47. The van der Waals surface area contributed by atoms with Crippen molar-refractivity contribution in [2.24, 2.45) is 5.41 Å². The molecule has 5 rings (SSSR count). The molecule has 0 saturated heterocycles. The first-order chi connectivity index (χ1) is 17.8. The van der Waals surface area contributed by atoms with E-state index in [-0.39, 0.29) is 9.99 Å². The van der Waals surface area contributed by atoms with Gasteiger partial charge in [-0.2, -0.15) is 0 Å². The minimum atomic E-state index is -1.17. The molecule has 188 valence electrons. The van der Waals surface area contributed by atoms with Gasteiger partial charge in [0.05, 0.1) is 11.6 Å². The molecule has 7 nitrogen and oxygen atoms in total. The zero-order chi connectivity index (χ0) is 26.2. The Morgan fingerprint density at radius 1 is 0.919 bits per heavy atom. The van der Waals surface area contributed by atoms with Crippen LogP contribution in [-0.4, -0.2) is 23.9 Å². The summed E-state index contributed by atoms with van der Waals surface area (Å²) < 4.78 is 39.2. The fourth-order valence-electron chi connectivity index (χ4n) is 3.86. The molecule has 3 aromatic carbocycles. The fraction of sp³-hybridized carbons (Fsp3) is 0.148. The summed E-state index contributed by atoms with van der Waals surface area (Å²) in [6.45, 7) is 0. The number of fused-ring (bicyclic) bond motifs is 1. The number of rotatable bonds is 7. The number of ether oxygens (including phenoxy) is 2. The molecule has 0 spiro atoms. The van der Waals surface area contributed by atoms with Gasteiger partial charge in [0.1, 0.15) is 34.0 Å². The number of halogens is 3. The number of nitrogens with one attached hydrogen (secondary N) is 2. The van der Waals surface area contributed by atoms with Crippen molar-refractivity contribution < 1.29 is 27.8 Å². The molecule has 0 atom stereocenters. The van der Waals surface area contributed by atoms with Crippen molar-refractivity contribution in [2.45, 2.75) is 12.8 Å². The van der Waals surface area contributed by atoms with Crippen LogP contribution < -0.4 is 20.1 Å². The molecule has 1 aliphatic rings. The Bertz CT molecular complexity index is 1510. The number of carbonyl (C=O) groups is 2. The van der Waals surface area contributed by atoms with Crippen molar-refractivity contribution in [3.8, 4) is 17.2 Å². The monoisotopic (exact) mass is 567 g/mol. The Labute approximate surface area is 218 Å². The zero-order valence-electron chi connectivity index (χ0n) is 19.5. The fourth-order valence-corrected chi connectivity index (χ4v) is 4.33. The largest absolute Gasteiger partial charge is 0.495 e. The van der Waals surface area contributed by atoms with Crippen LogP contribution in [0.15, 0.2) is 71.3 Å². The highest BCUT2D eigenvalue weighted by atomic mass is 79.9. The van der Waals surface area contributed by atoms with E-state index >= 15 is 0 Å². The number of benzene rings is 3. The molecule has 10 heteroatoms. The van der Waals surface area contributed by atoms with E-state index in [0.29, 0.717) is 46.9 Å². The molecular formula is C27H20BrF2N3O4. The number of hydrogen-bond donors (Lipinski definition) is 2. The lowest BCUT2D eigenvalue weighted by Crippen LogP contribution is -2.35. The predicted octanol–water partition coefficient (Wildman–Crippen LogP) is 6.43. The number of aromatic nitrogens is 1. The molecule has 1 fully saturated rings. The van der Waals surface area contributed by atoms with E-state index in [2.05, 4.69) is 31.5 Å². The molecular weight excluding hydrogens is 548 g/mol. The van der Waals surface area contributed by atoms with Crippen LogP contribution >= 0.6 is 15.9 Å². The zero-order valence-corrected chi connectivity index (χ0v) is 21.1. The van der Waals surface area contributed by atoms with Gasteiger partial charge in [-0.3, -0.25) is 14.6 Å². The maximum absolute atomic E-state index is 14.7. The highest BCUT2D eigenvalue weighted by molar-refractivity contribution is 9.10. The van der Waals surface area contributed by atoms with E-state index in [0.717, 1.165) is 0 Å². The summed E-state index contributed by atoms with van der Waals surface area (Å²) in [5, 5.41) is 5.88. The van der Waals surface area contributed by atoms with Gasteiger partial charge < -0.3 is 20.1 Å². The molecule has 1 aromatic heterocycles. The maximum Gasteiger partial charge on any atom is 0.240 e. The molecule has 0 bridgehead atoms. The van der Waals surface area contributed by atoms with E-state index in [1.807, 2.05) is 0 Å². The standard InChI is InChI=1S/C27H20BrF2N3O4/c1-36-21-14-19-20(10-13-31-24(19)23(30)22(21)28)37-18-8-6-17(7-9-18)33-26(35)27(11-12-27)25(34)32-16-4-2-15(29)3-5-16/h2-10,13-14H,11-12H2,1H3,(H,32,34)(H,33,35). The lowest BCUT2D eigenvalue weighted by Gasteiger charge is -2.16. The summed E-state index contributed by atoms with van der Waals surface area (Å²) in [6.07, 6.45) is 2.27. The molecule has 0 aliphatic heterocycles. The van der Waals surface area contributed by atoms with Crippen molar-refractivity contribution in [2.75, 3.05) is 17.7 Å². The molecule has 0 radical (unpaired) electrons. The number of pyridine rings is 1. The van der Waals surface area contributed by atoms with Crippen LogP contribution in [0.5, 0.6) is 17.2 Å². The van der Waals surface area contributed by atoms with Crippen molar-refractivity contribution in [1.29, 1.82) is 0 Å². The first-order valence-corrected chi connectivity index (χ1v) is 12.1. The van der Waals surface area contributed by atoms with Gasteiger partial charge in [0.25, 0.3) is 0 Å². The molecule has 1 heterocycles. The van der Waals surface area contributed by atoms with E-state index in [9.17, 15) is 18.4 Å². The lowest BCUT2D eigenvalue weighted by atomic mass is 10.0. The first kappa shape index (κ1) is 24.6. The summed E-state index contributed by atoms with van der Waals surface area (Å²) in [4.78, 5) is 29.7. The minimum absolute atomic E-state index is 0.128. The van der Waals surface area contributed by atoms with Crippen LogP contribution in [0.4, 0.5) is 20.2 Å². The average molecular weight is 568 g/mol. The van der Waals surface area contributed by atoms with Crippen molar-refractivity contribution in [3.05, 3.63) is 83.0 Å². The Kier molecular flexibility index (Phi) is 6.51. The van der Waals surface area contributed by atoms with Crippen LogP contribution in [0.25, 0.3) is 10.9 Å². The second-order valence-corrected chi connectivity index (χ2v) is 9.33. The number of nitrogens with zero attached hydrogens (tertiary/aromatic N) is 1. The van der Waals surface area contributed by atoms with Gasteiger partial charge in [-0.05, 0) is 89.4 Å². The topological polar surface area (TPSA) is 89.5 Å². The van der Waals surface area contributed by atoms with Crippen LogP contribution in [0.3, 0.4) is 0 Å². The van der Waals surface area contributed by atoms with Crippen LogP contribution in [0, 0.1) is 17.0 Å². The van der Waals surface area contributed by atoms with E-state index in [1.54, 1.807) is 36.4 Å². The quantitative estimate of drug-likeness (QED) is 0.251. The average Bonchev–Trinajstić information content (AvgIpc) is 3.71. The van der Waals surface area contributed by atoms with Crippen molar-refractivity contribution in [3.63, 3.8) is 0 Å². The van der Waals surface area contributed by atoms with Gasteiger partial charge in [0.2, 0.25) is 11.8 Å². The lowest BCUT2D eigenvalue weighted by molar-refractivity contribution is -0.131. The first-order valence-electron chi connectivity index (χ1n) is 11.3. The Balaban J connectivity index is 1.28. The number of hydrogen-bond acceptors (Lipinski definition) is 5. The highest BCUT2D eigenvalue weighted by Gasteiger charge is 2.56. The van der Waals surface area contributed by atoms with Crippen LogP contribution in [0.2, 0.25) is 0 Å². The van der Waals surface area contributed by atoms with Gasteiger partial charge >= 0.3 is 0 Å². The van der Waals surface area contributed by atoms with E-state index in [1.165, 1.54) is 37.6 Å². The Morgan fingerprint density at radius 3 is 2.08 bits per heavy atom. The summed E-state index contributed by atoms with van der Waals surface area (Å²) in [7, 11) is 1.44. The molecule has 37 heavy (non-hydrogen) atoms. The molecule has 4 aromatic rings. The van der Waals surface area contributed by atoms with Crippen molar-refractivity contribution in [1.82, 2.24) is 4.98 Å². The van der Waals surface area contributed by atoms with Crippen LogP contribution in [0.1, 0.15) is 12.8 Å². The second-order valence-electron chi connectivity index (χ2n) is 8.54. The summed E-state index contributed by atoms with van der Waals surface area (Å²) in [6, 6.07) is 15.2.